The smallest absolute Gasteiger partial charge is 0.253 e. The number of carbonyl (C=O) groups is 1. The normalized spacial score (nSPS) is 19.4. The van der Waals surface area contributed by atoms with Crippen molar-refractivity contribution in [3.63, 3.8) is 0 Å². The second-order valence-corrected chi connectivity index (χ2v) is 7.67. The van der Waals surface area contributed by atoms with Crippen molar-refractivity contribution in [2.75, 3.05) is 31.1 Å². The minimum absolute atomic E-state index is 0.0215. The third kappa shape index (κ3) is 2.98. The molecule has 148 valence electrons. The molecule has 29 heavy (non-hydrogen) atoms. The van der Waals surface area contributed by atoms with Crippen molar-refractivity contribution in [1.82, 2.24) is 20.3 Å². The molecule has 1 amide bonds. The lowest BCUT2D eigenvalue weighted by atomic mass is 9.94. The number of allylic oxidation sites excluding steroid dienone is 1. The van der Waals surface area contributed by atoms with E-state index < -0.39 is 0 Å². The van der Waals surface area contributed by atoms with E-state index in [1.165, 1.54) is 0 Å². The van der Waals surface area contributed by atoms with Crippen LogP contribution in [0.2, 0.25) is 0 Å². The SMILES string of the molecule is Cc1nc2cccc3c2nc1N(CCN)C/C=C/CC1CNC(=O)c2cc-3[nH]c21. The second-order valence-electron chi connectivity index (χ2n) is 7.67. The Hall–Kier alpha value is -3.19. The number of hydrogen-bond donors (Lipinski definition) is 3. The number of amides is 1. The Morgan fingerprint density at radius 3 is 3.00 bits per heavy atom. The average molecular weight is 388 g/mol. The molecule has 3 aromatic rings. The number of nitrogens with zero attached hydrogens (tertiary/aromatic N) is 3. The predicted molar refractivity (Wildman–Crippen MR) is 114 cm³/mol. The third-order valence-corrected chi connectivity index (χ3v) is 5.76. The quantitative estimate of drug-likeness (QED) is 0.586. The summed E-state index contributed by atoms with van der Waals surface area (Å²) in [6.45, 7) is 4.61. The van der Waals surface area contributed by atoms with Gasteiger partial charge in [-0.2, -0.15) is 0 Å². The molecule has 2 aliphatic heterocycles. The number of hydrogen-bond acceptors (Lipinski definition) is 5. The molecule has 0 radical (unpaired) electrons. The Kier molecular flexibility index (Phi) is 4.32. The van der Waals surface area contributed by atoms with Crippen molar-refractivity contribution in [1.29, 1.82) is 0 Å². The van der Waals surface area contributed by atoms with Crippen molar-refractivity contribution in [2.45, 2.75) is 19.3 Å². The Morgan fingerprint density at radius 2 is 2.14 bits per heavy atom. The summed E-state index contributed by atoms with van der Waals surface area (Å²) >= 11 is 0. The summed E-state index contributed by atoms with van der Waals surface area (Å²) < 4.78 is 0. The van der Waals surface area contributed by atoms with Crippen LogP contribution in [0.15, 0.2) is 36.4 Å². The molecule has 0 spiro atoms. The van der Waals surface area contributed by atoms with Gasteiger partial charge in [0.25, 0.3) is 5.91 Å². The molecule has 1 atom stereocenters. The van der Waals surface area contributed by atoms with Crippen LogP contribution in [0.5, 0.6) is 0 Å². The zero-order valence-corrected chi connectivity index (χ0v) is 16.4. The van der Waals surface area contributed by atoms with Gasteiger partial charge in [0, 0.05) is 49.0 Å². The molecular formula is C22H24N6O. The van der Waals surface area contributed by atoms with Gasteiger partial charge in [-0.3, -0.25) is 4.79 Å². The number of nitrogens with two attached hydrogens (primary N) is 1. The van der Waals surface area contributed by atoms with E-state index in [9.17, 15) is 4.79 Å². The minimum atomic E-state index is -0.0215. The summed E-state index contributed by atoms with van der Waals surface area (Å²) in [7, 11) is 0. The Bertz CT molecular complexity index is 1130. The molecule has 5 rings (SSSR count). The highest BCUT2D eigenvalue weighted by Gasteiger charge is 2.28. The first-order valence-electron chi connectivity index (χ1n) is 10.0. The summed E-state index contributed by atoms with van der Waals surface area (Å²) in [5, 5.41) is 3.02. The highest BCUT2D eigenvalue weighted by molar-refractivity contribution is 6.00. The average Bonchev–Trinajstić information content (AvgIpc) is 3.17. The maximum atomic E-state index is 12.4. The lowest BCUT2D eigenvalue weighted by Crippen LogP contribution is -2.34. The van der Waals surface area contributed by atoms with Crippen LogP contribution in [-0.2, 0) is 0 Å². The van der Waals surface area contributed by atoms with Gasteiger partial charge in [0.2, 0.25) is 0 Å². The van der Waals surface area contributed by atoms with Crippen molar-refractivity contribution < 1.29 is 4.79 Å². The number of benzene rings is 1. The molecule has 2 aliphatic rings. The van der Waals surface area contributed by atoms with Crippen LogP contribution < -0.4 is 16.0 Å². The monoisotopic (exact) mass is 388 g/mol. The maximum Gasteiger partial charge on any atom is 0.253 e. The first kappa shape index (κ1) is 17.9. The number of nitrogens with one attached hydrogen (secondary N) is 2. The summed E-state index contributed by atoms with van der Waals surface area (Å²) in [5.41, 5.74) is 12.0. The highest BCUT2D eigenvalue weighted by Crippen LogP contribution is 2.34. The van der Waals surface area contributed by atoms with Crippen LogP contribution in [0.25, 0.3) is 22.3 Å². The molecule has 1 unspecified atom stereocenters. The molecular weight excluding hydrogens is 364 g/mol. The van der Waals surface area contributed by atoms with Gasteiger partial charge >= 0.3 is 0 Å². The Balaban J connectivity index is 1.77. The molecule has 0 fully saturated rings. The Morgan fingerprint density at radius 1 is 1.24 bits per heavy atom. The number of anilines is 1. The first-order chi connectivity index (χ1) is 14.2. The molecule has 1 aromatic carbocycles. The van der Waals surface area contributed by atoms with Gasteiger partial charge < -0.3 is 20.9 Å². The fourth-order valence-electron chi connectivity index (χ4n) is 4.32. The van der Waals surface area contributed by atoms with E-state index in [1.54, 1.807) is 0 Å². The number of fused-ring (bicyclic) bond motifs is 3. The van der Waals surface area contributed by atoms with E-state index in [0.717, 1.165) is 58.0 Å². The van der Waals surface area contributed by atoms with Crippen LogP contribution in [-0.4, -0.2) is 47.0 Å². The number of para-hydroxylation sites is 1. The van der Waals surface area contributed by atoms with Crippen molar-refractivity contribution >= 4 is 22.8 Å². The second kappa shape index (κ2) is 7.00. The first-order valence-corrected chi connectivity index (χ1v) is 10.0. The zero-order valence-electron chi connectivity index (χ0n) is 16.4. The number of aryl methyl sites for hydroxylation is 1. The van der Waals surface area contributed by atoms with Gasteiger partial charge in [-0.15, -0.1) is 0 Å². The standard InChI is InChI=1S/C22H24N6O/c1-13-21-27-20-15(6-4-7-17(20)25-13)18-11-16-19(26-18)14(12-24-22(16)29)5-2-3-9-28(21)10-8-23/h2-4,6-7,11,14,26H,5,8-10,12,23H2,1H3,(H,24,29)/b3-2+. The largest absolute Gasteiger partial charge is 0.357 e. The van der Waals surface area contributed by atoms with Gasteiger partial charge in [-0.1, -0.05) is 24.3 Å². The summed E-state index contributed by atoms with van der Waals surface area (Å²) in [5.74, 6) is 1.06. The summed E-state index contributed by atoms with van der Waals surface area (Å²) in [6.07, 6.45) is 5.20. The minimum Gasteiger partial charge on any atom is -0.357 e. The number of carbonyl (C=O) groups excluding carboxylic acids is 1. The van der Waals surface area contributed by atoms with Gasteiger partial charge in [-0.05, 0) is 25.5 Å². The van der Waals surface area contributed by atoms with E-state index >= 15 is 0 Å². The van der Waals surface area contributed by atoms with Crippen LogP contribution in [0.4, 0.5) is 5.82 Å². The van der Waals surface area contributed by atoms with Crippen LogP contribution in [0, 0.1) is 6.92 Å². The summed E-state index contributed by atoms with van der Waals surface area (Å²) in [6, 6.07) is 7.94. The van der Waals surface area contributed by atoms with Gasteiger partial charge in [0.05, 0.1) is 16.8 Å². The van der Waals surface area contributed by atoms with E-state index in [0.29, 0.717) is 19.6 Å². The number of H-pyrrole nitrogens is 1. The molecule has 4 N–H and O–H groups in total. The van der Waals surface area contributed by atoms with Crippen LogP contribution >= 0.6 is 0 Å². The van der Waals surface area contributed by atoms with Crippen LogP contribution in [0.3, 0.4) is 0 Å². The number of rotatable bonds is 2. The van der Waals surface area contributed by atoms with E-state index in [-0.39, 0.29) is 11.8 Å². The van der Waals surface area contributed by atoms with Crippen molar-refractivity contribution in [2.24, 2.45) is 5.73 Å². The molecule has 4 bridgehead atoms. The van der Waals surface area contributed by atoms with Gasteiger partial charge in [0.15, 0.2) is 5.82 Å². The topological polar surface area (TPSA) is 99.9 Å². The van der Waals surface area contributed by atoms with E-state index in [1.807, 2.05) is 31.2 Å². The fraction of sp³-hybridized carbons (Fsp3) is 0.318. The zero-order chi connectivity index (χ0) is 20.0. The van der Waals surface area contributed by atoms with Gasteiger partial charge in [-0.25, -0.2) is 9.97 Å². The lowest BCUT2D eigenvalue weighted by Gasteiger charge is -2.24. The molecule has 7 nitrogen and oxygen atoms in total. The predicted octanol–water partition coefficient (Wildman–Crippen LogP) is 2.49. The van der Waals surface area contributed by atoms with Crippen molar-refractivity contribution in [3.8, 4) is 11.3 Å². The highest BCUT2D eigenvalue weighted by atomic mass is 16.1. The van der Waals surface area contributed by atoms with Crippen LogP contribution in [0.1, 0.15) is 34.1 Å². The van der Waals surface area contributed by atoms with E-state index in [4.69, 9.17) is 15.7 Å². The molecule has 2 aromatic heterocycles. The lowest BCUT2D eigenvalue weighted by molar-refractivity contribution is 0.0940. The molecule has 7 heteroatoms. The van der Waals surface area contributed by atoms with Gasteiger partial charge in [0.1, 0.15) is 5.52 Å². The third-order valence-electron chi connectivity index (χ3n) is 5.76. The molecule has 4 heterocycles. The fourth-order valence-corrected chi connectivity index (χ4v) is 4.32. The van der Waals surface area contributed by atoms with Crippen molar-refractivity contribution in [3.05, 3.63) is 53.4 Å². The number of aromatic nitrogens is 3. The maximum absolute atomic E-state index is 12.4. The molecule has 0 saturated heterocycles. The van der Waals surface area contributed by atoms with E-state index in [2.05, 4.69) is 27.4 Å². The molecule has 0 aliphatic carbocycles. The molecule has 0 saturated carbocycles. The Labute approximate surface area is 169 Å². The summed E-state index contributed by atoms with van der Waals surface area (Å²) in [4.78, 5) is 28.0. The number of aromatic amines is 1.